The van der Waals surface area contributed by atoms with E-state index in [0.29, 0.717) is 0 Å². The number of nitrogens with zero attached hydrogens (tertiary/aromatic N) is 1. The second-order valence-electron chi connectivity index (χ2n) is 5.25. The molecule has 3 atom stereocenters. The Kier molecular flexibility index (Phi) is 4.86. The van der Waals surface area contributed by atoms with E-state index in [1.165, 1.54) is 28.1 Å². The molecule has 8 heteroatoms. The van der Waals surface area contributed by atoms with E-state index in [1.54, 1.807) is 0 Å². The van der Waals surface area contributed by atoms with E-state index in [1.807, 2.05) is 0 Å². The van der Waals surface area contributed by atoms with Gasteiger partial charge >= 0.3 is 11.8 Å². The van der Waals surface area contributed by atoms with Gasteiger partial charge in [-0.3, -0.25) is 0 Å². The molecule has 3 unspecified atom stereocenters. The number of aliphatic hydroxyl groups excluding tert-OH is 1. The molecule has 0 aromatic heterocycles. The average molecular weight is 268 g/mol. The molecule has 18 heavy (non-hydrogen) atoms. The Morgan fingerprint density at radius 2 is 1.61 bits per heavy atom. The third-order valence-electron chi connectivity index (χ3n) is 2.87. The van der Waals surface area contributed by atoms with E-state index >= 15 is 0 Å². The summed E-state index contributed by atoms with van der Waals surface area (Å²) in [6.07, 6.45) is -3.44. The van der Waals surface area contributed by atoms with Crippen LogP contribution in [0.4, 0.5) is 0 Å². The van der Waals surface area contributed by atoms with Gasteiger partial charge in [-0.15, -0.1) is 0 Å². The summed E-state index contributed by atoms with van der Waals surface area (Å²) in [5.41, 5.74) is -1.97. The lowest BCUT2D eigenvalue weighted by molar-refractivity contribution is -0.954. The van der Waals surface area contributed by atoms with Crippen LogP contribution < -0.4 is 0 Å². The number of carboxylic acid groups (broad SMARTS) is 1. The van der Waals surface area contributed by atoms with Gasteiger partial charge in [0.2, 0.25) is 11.8 Å². The third-order valence-corrected chi connectivity index (χ3v) is 2.87. The minimum atomic E-state index is -3.34. The Labute approximate surface area is 105 Å². The van der Waals surface area contributed by atoms with E-state index < -0.39 is 29.9 Å². The van der Waals surface area contributed by atoms with Crippen molar-refractivity contribution in [2.24, 2.45) is 0 Å². The molecule has 108 valence electrons. The monoisotopic (exact) mass is 268 g/mol. The first-order valence-electron chi connectivity index (χ1n) is 5.30. The minimum absolute atomic E-state index is 0.236. The maximum absolute atomic E-state index is 10.8. The predicted octanol–water partition coefficient (Wildman–Crippen LogP) is -2.11. The van der Waals surface area contributed by atoms with E-state index in [2.05, 4.69) is 0 Å². The molecule has 0 bridgehead atoms. The Hall–Kier alpha value is -0.770. The van der Waals surface area contributed by atoms with Gasteiger partial charge in [0.05, 0.1) is 21.1 Å². The number of carboxylic acids is 1. The Morgan fingerprint density at radius 3 is 1.83 bits per heavy atom. The van der Waals surface area contributed by atoms with E-state index in [4.69, 9.17) is 14.9 Å². The molecule has 0 aromatic carbocycles. The molecule has 0 aliphatic rings. The lowest BCUT2D eigenvalue weighted by atomic mass is 9.97. The number of hydrogen-bond acceptors (Lipinski definition) is 6. The average Bonchev–Trinajstić information content (AvgIpc) is 2.11. The number of rotatable bonds is 6. The van der Waals surface area contributed by atoms with Gasteiger partial charge in [-0.2, -0.15) is 0 Å². The molecular formula is C10H22NO7+. The van der Waals surface area contributed by atoms with Gasteiger partial charge in [0, 0.05) is 6.92 Å². The standard InChI is InChI=1S/C10H21NO7/c1-6(12)18-7(10(16,17)8(13)14)9(2,15)11(3,4)5/h6-7,12,15-17H,1-5H3/p+1. The number of carbonyl (C=O) groups is 1. The second-order valence-corrected chi connectivity index (χ2v) is 5.25. The van der Waals surface area contributed by atoms with Crippen molar-refractivity contribution in [2.75, 3.05) is 21.1 Å². The number of quaternary nitrogens is 1. The SMILES string of the molecule is CC(O)OC(C(O)(O)C(=O)O)C(C)(O)[N+](C)(C)C. The summed E-state index contributed by atoms with van der Waals surface area (Å²) in [6.45, 7) is 2.35. The Morgan fingerprint density at radius 1 is 1.22 bits per heavy atom. The normalized spacial score (nSPS) is 20.1. The Balaban J connectivity index is 5.58. The van der Waals surface area contributed by atoms with E-state index in [9.17, 15) is 20.1 Å². The summed E-state index contributed by atoms with van der Waals surface area (Å²) >= 11 is 0. The van der Waals surface area contributed by atoms with E-state index in [-0.39, 0.29) is 4.48 Å². The van der Waals surface area contributed by atoms with Crippen LogP contribution in [-0.2, 0) is 9.53 Å². The number of ether oxygens (including phenoxy) is 1. The molecule has 0 radical (unpaired) electrons. The largest absolute Gasteiger partial charge is 0.477 e. The minimum Gasteiger partial charge on any atom is -0.477 e. The van der Waals surface area contributed by atoms with Gasteiger partial charge in [0.25, 0.3) is 0 Å². The van der Waals surface area contributed by atoms with Gasteiger partial charge in [-0.1, -0.05) is 0 Å². The highest BCUT2D eigenvalue weighted by Gasteiger charge is 2.59. The van der Waals surface area contributed by atoms with Gasteiger partial charge in [-0.25, -0.2) is 4.79 Å². The number of aliphatic carboxylic acids is 1. The van der Waals surface area contributed by atoms with Gasteiger partial charge < -0.3 is 34.8 Å². The second kappa shape index (κ2) is 5.08. The van der Waals surface area contributed by atoms with Crippen LogP contribution in [0.3, 0.4) is 0 Å². The molecule has 0 aromatic rings. The summed E-state index contributed by atoms with van der Waals surface area (Å²) < 4.78 is 4.54. The van der Waals surface area contributed by atoms with Crippen molar-refractivity contribution >= 4 is 5.97 Å². The first kappa shape index (κ1) is 17.2. The van der Waals surface area contributed by atoms with Crippen LogP contribution in [0.25, 0.3) is 0 Å². The zero-order valence-corrected chi connectivity index (χ0v) is 11.2. The van der Waals surface area contributed by atoms with Crippen molar-refractivity contribution in [1.29, 1.82) is 0 Å². The first-order chi connectivity index (χ1) is 7.74. The smallest absolute Gasteiger partial charge is 0.367 e. The maximum atomic E-state index is 10.8. The number of aliphatic hydroxyl groups is 4. The quantitative estimate of drug-likeness (QED) is 0.275. The molecule has 0 fully saturated rings. The zero-order chi connectivity index (χ0) is 14.9. The van der Waals surface area contributed by atoms with E-state index in [0.717, 1.165) is 6.92 Å². The van der Waals surface area contributed by atoms with Crippen molar-refractivity contribution in [3.05, 3.63) is 0 Å². The van der Waals surface area contributed by atoms with Crippen LogP contribution in [-0.4, -0.2) is 81.0 Å². The highest BCUT2D eigenvalue weighted by Crippen LogP contribution is 2.29. The molecule has 0 aliphatic carbocycles. The summed E-state index contributed by atoms with van der Waals surface area (Å²) in [5.74, 6) is -5.33. The molecule has 0 amide bonds. The summed E-state index contributed by atoms with van der Waals surface area (Å²) in [6, 6.07) is 0. The summed E-state index contributed by atoms with van der Waals surface area (Å²) in [5, 5.41) is 47.3. The van der Waals surface area contributed by atoms with Gasteiger partial charge in [0.1, 0.15) is 0 Å². The van der Waals surface area contributed by atoms with Crippen LogP contribution in [0.2, 0.25) is 0 Å². The number of likely N-dealkylation sites (N-methyl/N-ethyl adjacent to an activating group) is 1. The lowest BCUT2D eigenvalue weighted by Gasteiger charge is -2.46. The van der Waals surface area contributed by atoms with Crippen LogP contribution in [0.1, 0.15) is 13.8 Å². The van der Waals surface area contributed by atoms with Gasteiger partial charge in [0.15, 0.2) is 6.29 Å². The van der Waals surface area contributed by atoms with Crippen molar-refractivity contribution in [1.82, 2.24) is 0 Å². The fourth-order valence-electron chi connectivity index (χ4n) is 1.27. The van der Waals surface area contributed by atoms with Crippen molar-refractivity contribution < 1.29 is 39.5 Å². The van der Waals surface area contributed by atoms with Crippen LogP contribution in [0.5, 0.6) is 0 Å². The molecule has 0 saturated carbocycles. The molecule has 0 rings (SSSR count). The summed E-state index contributed by atoms with van der Waals surface area (Å²) in [4.78, 5) is 10.8. The zero-order valence-electron chi connectivity index (χ0n) is 11.2. The molecule has 0 spiro atoms. The molecule has 0 saturated heterocycles. The topological polar surface area (TPSA) is 127 Å². The van der Waals surface area contributed by atoms with Crippen molar-refractivity contribution in [3.8, 4) is 0 Å². The lowest BCUT2D eigenvalue weighted by Crippen LogP contribution is -2.71. The van der Waals surface area contributed by atoms with Crippen LogP contribution >= 0.6 is 0 Å². The molecule has 0 heterocycles. The highest BCUT2D eigenvalue weighted by molar-refractivity contribution is 5.76. The van der Waals surface area contributed by atoms with Crippen molar-refractivity contribution in [3.63, 3.8) is 0 Å². The maximum Gasteiger partial charge on any atom is 0.367 e. The van der Waals surface area contributed by atoms with Crippen molar-refractivity contribution in [2.45, 2.75) is 37.8 Å². The van der Waals surface area contributed by atoms with Crippen LogP contribution in [0, 0.1) is 0 Å². The fraction of sp³-hybridized carbons (Fsp3) is 0.900. The number of hydrogen-bond donors (Lipinski definition) is 5. The molecule has 8 nitrogen and oxygen atoms in total. The first-order valence-corrected chi connectivity index (χ1v) is 5.30. The Bertz CT molecular complexity index is 306. The highest BCUT2D eigenvalue weighted by atomic mass is 16.7. The third kappa shape index (κ3) is 3.37. The van der Waals surface area contributed by atoms with Crippen LogP contribution in [0.15, 0.2) is 0 Å². The fourth-order valence-corrected chi connectivity index (χ4v) is 1.27. The summed E-state index contributed by atoms with van der Waals surface area (Å²) in [7, 11) is 4.53. The molecular weight excluding hydrogens is 246 g/mol. The predicted molar refractivity (Wildman–Crippen MR) is 60.0 cm³/mol. The molecule has 5 N–H and O–H groups in total. The van der Waals surface area contributed by atoms with Gasteiger partial charge in [-0.05, 0) is 6.92 Å². The molecule has 0 aliphatic heterocycles.